The normalized spacial score (nSPS) is 12.1. The van der Waals surface area contributed by atoms with Crippen molar-refractivity contribution in [3.63, 3.8) is 0 Å². The van der Waals surface area contributed by atoms with Gasteiger partial charge in [-0.2, -0.15) is 0 Å². The van der Waals surface area contributed by atoms with Crippen molar-refractivity contribution in [2.45, 2.75) is 13.8 Å². The van der Waals surface area contributed by atoms with Gasteiger partial charge in [0, 0.05) is 34.4 Å². The Morgan fingerprint density at radius 2 is 2.18 bits per heavy atom. The molecule has 0 saturated heterocycles. The minimum Gasteiger partial charge on any atom is -0.379 e. The third-order valence-electron chi connectivity index (χ3n) is 2.39. The maximum absolute atomic E-state index is 11.2. The molecule has 0 saturated carbocycles. The molecule has 0 heterocycles. The summed E-state index contributed by atoms with van der Waals surface area (Å²) in [5.74, 6) is 1.11. The second-order valence-electron chi connectivity index (χ2n) is 3.59. The van der Waals surface area contributed by atoms with E-state index in [0.717, 1.165) is 0 Å². The average Bonchev–Trinajstić information content (AvgIpc) is 2.28. The third-order valence-corrected chi connectivity index (χ3v) is 3.69. The van der Waals surface area contributed by atoms with E-state index in [1.807, 2.05) is 6.92 Å². The fourth-order valence-corrected chi connectivity index (χ4v) is 2.11. The van der Waals surface area contributed by atoms with Crippen LogP contribution < -0.4 is 5.32 Å². The largest absolute Gasteiger partial charge is 0.379 e. The van der Waals surface area contributed by atoms with Gasteiger partial charge in [0.25, 0.3) is 5.69 Å². The number of nitro groups is 1. The van der Waals surface area contributed by atoms with Crippen LogP contribution in [0.1, 0.15) is 12.5 Å². The molecular formula is C11H16N2O3S. The van der Waals surface area contributed by atoms with Crippen LogP contribution in [0.2, 0.25) is 0 Å². The molecule has 17 heavy (non-hydrogen) atoms. The third kappa shape index (κ3) is 3.81. The quantitative estimate of drug-likeness (QED) is 0.624. The SMILES string of the molecule is CCS(=O)CCNc1cccc(C)c1[N+](=O)[O-]. The summed E-state index contributed by atoms with van der Waals surface area (Å²) in [5.41, 5.74) is 1.20. The number of hydrogen-bond acceptors (Lipinski definition) is 4. The van der Waals surface area contributed by atoms with E-state index in [1.165, 1.54) is 0 Å². The van der Waals surface area contributed by atoms with Crippen molar-refractivity contribution < 1.29 is 9.13 Å². The molecule has 1 aromatic rings. The molecule has 0 aromatic heterocycles. The molecule has 0 aliphatic rings. The van der Waals surface area contributed by atoms with Crippen LogP contribution in [0.15, 0.2) is 18.2 Å². The average molecular weight is 256 g/mol. The molecule has 1 aromatic carbocycles. The fourth-order valence-electron chi connectivity index (χ4n) is 1.49. The predicted octanol–water partition coefficient (Wildman–Crippen LogP) is 2.08. The Hall–Kier alpha value is -1.43. The van der Waals surface area contributed by atoms with Crippen LogP contribution in [0.4, 0.5) is 11.4 Å². The maximum Gasteiger partial charge on any atom is 0.295 e. The number of benzene rings is 1. The second kappa shape index (κ2) is 6.34. The van der Waals surface area contributed by atoms with Crippen LogP contribution in [-0.4, -0.2) is 27.2 Å². The van der Waals surface area contributed by atoms with E-state index in [9.17, 15) is 14.3 Å². The highest BCUT2D eigenvalue weighted by molar-refractivity contribution is 7.84. The predicted molar refractivity (Wildman–Crippen MR) is 69.9 cm³/mol. The summed E-state index contributed by atoms with van der Waals surface area (Å²) in [4.78, 5) is 10.5. The summed E-state index contributed by atoms with van der Waals surface area (Å²) in [5, 5.41) is 13.9. The van der Waals surface area contributed by atoms with Gasteiger partial charge in [-0.25, -0.2) is 0 Å². The van der Waals surface area contributed by atoms with Crippen molar-refractivity contribution in [3.8, 4) is 0 Å². The van der Waals surface area contributed by atoms with Gasteiger partial charge in [-0.15, -0.1) is 0 Å². The second-order valence-corrected chi connectivity index (χ2v) is 5.45. The zero-order valence-electron chi connectivity index (χ0n) is 9.93. The van der Waals surface area contributed by atoms with Gasteiger partial charge in [0.05, 0.1) is 4.92 Å². The number of para-hydroxylation sites is 1. The van der Waals surface area contributed by atoms with Gasteiger partial charge >= 0.3 is 0 Å². The Labute approximate surface area is 103 Å². The first kappa shape index (κ1) is 13.6. The minimum absolute atomic E-state index is 0.0924. The monoisotopic (exact) mass is 256 g/mol. The lowest BCUT2D eigenvalue weighted by Gasteiger charge is -2.07. The molecule has 1 N–H and O–H groups in total. The highest BCUT2D eigenvalue weighted by Crippen LogP contribution is 2.27. The van der Waals surface area contributed by atoms with Gasteiger partial charge < -0.3 is 5.32 Å². The Morgan fingerprint density at radius 1 is 1.47 bits per heavy atom. The van der Waals surface area contributed by atoms with Gasteiger partial charge in [0.1, 0.15) is 5.69 Å². The molecule has 0 fully saturated rings. The van der Waals surface area contributed by atoms with Crippen molar-refractivity contribution >= 4 is 22.2 Å². The molecule has 1 rings (SSSR count). The van der Waals surface area contributed by atoms with Gasteiger partial charge in [0.15, 0.2) is 0 Å². The van der Waals surface area contributed by atoms with Crippen molar-refractivity contribution in [1.29, 1.82) is 0 Å². The summed E-state index contributed by atoms with van der Waals surface area (Å²) in [6, 6.07) is 5.13. The number of anilines is 1. The molecule has 5 nitrogen and oxygen atoms in total. The number of nitrogens with zero attached hydrogens (tertiary/aromatic N) is 1. The van der Waals surface area contributed by atoms with Crippen LogP contribution in [0.5, 0.6) is 0 Å². The zero-order chi connectivity index (χ0) is 12.8. The number of nitro benzene ring substituents is 1. The zero-order valence-corrected chi connectivity index (χ0v) is 10.8. The van der Waals surface area contributed by atoms with Gasteiger partial charge in [-0.05, 0) is 13.0 Å². The van der Waals surface area contributed by atoms with E-state index >= 15 is 0 Å². The first-order valence-corrected chi connectivity index (χ1v) is 6.88. The maximum atomic E-state index is 11.2. The first-order chi connectivity index (χ1) is 8.06. The molecule has 0 amide bonds. The Morgan fingerprint density at radius 3 is 2.76 bits per heavy atom. The minimum atomic E-state index is -0.856. The Balaban J connectivity index is 2.74. The highest BCUT2D eigenvalue weighted by Gasteiger charge is 2.16. The summed E-state index contributed by atoms with van der Waals surface area (Å²) < 4.78 is 11.2. The lowest BCUT2D eigenvalue weighted by molar-refractivity contribution is -0.384. The number of rotatable bonds is 6. The standard InChI is InChI=1S/C11H16N2O3S/c1-3-17(16)8-7-12-10-6-4-5-9(2)11(10)13(14)15/h4-6,12H,3,7-8H2,1-2H3. The number of hydrogen-bond donors (Lipinski definition) is 1. The van der Waals surface area contributed by atoms with Gasteiger partial charge in [0.2, 0.25) is 0 Å². The van der Waals surface area contributed by atoms with Crippen molar-refractivity contribution in [2.24, 2.45) is 0 Å². The highest BCUT2D eigenvalue weighted by atomic mass is 32.2. The fraction of sp³-hybridized carbons (Fsp3) is 0.455. The molecular weight excluding hydrogens is 240 g/mol. The number of nitrogens with one attached hydrogen (secondary N) is 1. The Kier molecular flexibility index (Phi) is 5.09. The number of aryl methyl sites for hydroxylation is 1. The van der Waals surface area contributed by atoms with Crippen molar-refractivity contribution in [3.05, 3.63) is 33.9 Å². The summed E-state index contributed by atoms with van der Waals surface area (Å²) in [6.45, 7) is 4.03. The molecule has 0 radical (unpaired) electrons. The van der Waals surface area contributed by atoms with E-state index in [1.54, 1.807) is 25.1 Å². The molecule has 0 aliphatic heterocycles. The van der Waals surface area contributed by atoms with Crippen LogP contribution in [0.3, 0.4) is 0 Å². The van der Waals surface area contributed by atoms with Crippen LogP contribution in [-0.2, 0) is 10.8 Å². The lowest BCUT2D eigenvalue weighted by atomic mass is 10.1. The summed E-state index contributed by atoms with van der Waals surface area (Å²) in [7, 11) is -0.856. The summed E-state index contributed by atoms with van der Waals surface area (Å²) in [6.07, 6.45) is 0. The topological polar surface area (TPSA) is 72.2 Å². The van der Waals surface area contributed by atoms with E-state index in [-0.39, 0.29) is 5.69 Å². The van der Waals surface area contributed by atoms with E-state index < -0.39 is 15.7 Å². The molecule has 0 bridgehead atoms. The van der Waals surface area contributed by atoms with Crippen LogP contribution in [0, 0.1) is 17.0 Å². The summed E-state index contributed by atoms with van der Waals surface area (Å²) >= 11 is 0. The molecule has 0 aliphatic carbocycles. The molecule has 1 atom stereocenters. The van der Waals surface area contributed by atoms with Crippen LogP contribution in [0.25, 0.3) is 0 Å². The van der Waals surface area contributed by atoms with E-state index in [2.05, 4.69) is 5.32 Å². The molecule has 0 spiro atoms. The lowest BCUT2D eigenvalue weighted by Crippen LogP contribution is -2.13. The van der Waals surface area contributed by atoms with Crippen molar-refractivity contribution in [2.75, 3.05) is 23.4 Å². The first-order valence-electron chi connectivity index (χ1n) is 5.39. The van der Waals surface area contributed by atoms with Gasteiger partial charge in [-0.3, -0.25) is 14.3 Å². The van der Waals surface area contributed by atoms with E-state index in [0.29, 0.717) is 29.3 Å². The molecule has 94 valence electrons. The molecule has 1 unspecified atom stereocenters. The van der Waals surface area contributed by atoms with Crippen LogP contribution >= 0.6 is 0 Å². The van der Waals surface area contributed by atoms with Gasteiger partial charge in [-0.1, -0.05) is 19.1 Å². The van der Waals surface area contributed by atoms with E-state index in [4.69, 9.17) is 0 Å². The van der Waals surface area contributed by atoms with Crippen molar-refractivity contribution in [1.82, 2.24) is 0 Å². The smallest absolute Gasteiger partial charge is 0.295 e. The molecule has 6 heteroatoms. The Bertz CT molecular complexity index is 435.